The molecule has 3 rings (SSSR count). The lowest BCUT2D eigenvalue weighted by Crippen LogP contribution is -1.84. The second-order valence-electron chi connectivity index (χ2n) is 5.63. The minimum Gasteiger partial charge on any atom is -0.504 e. The number of phenols is 2. The Morgan fingerprint density at radius 1 is 0.696 bits per heavy atom. The van der Waals surface area contributed by atoms with E-state index >= 15 is 0 Å². The van der Waals surface area contributed by atoms with Crippen molar-refractivity contribution in [3.05, 3.63) is 72.3 Å². The third kappa shape index (κ3) is 5.33. The van der Waals surface area contributed by atoms with Crippen LogP contribution in [0.25, 0.3) is 10.8 Å². The second-order valence-corrected chi connectivity index (χ2v) is 5.63. The Hall–Kier alpha value is -2.48. The topological polar surface area (TPSA) is 40.5 Å². The molecule has 0 amide bonds. The van der Waals surface area contributed by atoms with Gasteiger partial charge in [-0.25, -0.2) is 0 Å². The van der Waals surface area contributed by atoms with E-state index in [1.807, 2.05) is 6.07 Å². The van der Waals surface area contributed by atoms with Crippen molar-refractivity contribution in [2.45, 2.75) is 32.6 Å². The van der Waals surface area contributed by atoms with Gasteiger partial charge >= 0.3 is 0 Å². The molecule has 0 heterocycles. The van der Waals surface area contributed by atoms with Gasteiger partial charge in [0.1, 0.15) is 0 Å². The first kappa shape index (κ1) is 16.9. The molecule has 2 heteroatoms. The average molecular weight is 308 g/mol. The highest BCUT2D eigenvalue weighted by atomic mass is 16.3. The molecular weight excluding hydrogens is 284 g/mol. The van der Waals surface area contributed by atoms with Crippen LogP contribution in [0.2, 0.25) is 0 Å². The third-order valence-corrected chi connectivity index (χ3v) is 3.77. The van der Waals surface area contributed by atoms with Gasteiger partial charge in [-0.05, 0) is 41.3 Å². The zero-order valence-corrected chi connectivity index (χ0v) is 13.6. The smallest absolute Gasteiger partial charge is 0.157 e. The molecule has 0 saturated heterocycles. The van der Waals surface area contributed by atoms with Crippen LogP contribution in [0.4, 0.5) is 0 Å². The zero-order valence-electron chi connectivity index (χ0n) is 13.6. The van der Waals surface area contributed by atoms with E-state index in [0.29, 0.717) is 0 Å². The van der Waals surface area contributed by atoms with Crippen molar-refractivity contribution in [2.24, 2.45) is 0 Å². The van der Waals surface area contributed by atoms with Gasteiger partial charge in [0, 0.05) is 0 Å². The first-order chi connectivity index (χ1) is 11.2. The highest BCUT2D eigenvalue weighted by Gasteiger charge is 1.99. The molecule has 0 saturated carbocycles. The van der Waals surface area contributed by atoms with Crippen molar-refractivity contribution in [1.29, 1.82) is 0 Å². The molecular formula is C21H24O2. The highest BCUT2D eigenvalue weighted by Crippen LogP contribution is 2.25. The van der Waals surface area contributed by atoms with E-state index in [2.05, 4.69) is 55.5 Å². The summed E-state index contributed by atoms with van der Waals surface area (Å²) in [5, 5.41) is 20.9. The van der Waals surface area contributed by atoms with Gasteiger partial charge in [0.15, 0.2) is 11.5 Å². The standard InChI is InChI=1S/C11H16O2.C10H8/c1-2-3-4-5-9-6-7-10(12)11(13)8-9;1-2-6-10-8-4-3-7-9(10)5-1/h6-8,12-13H,2-5H2,1H3;1-8H. The summed E-state index contributed by atoms with van der Waals surface area (Å²) in [5.74, 6) is -0.0618. The van der Waals surface area contributed by atoms with E-state index in [1.165, 1.54) is 29.7 Å². The fourth-order valence-electron chi connectivity index (χ4n) is 2.44. The van der Waals surface area contributed by atoms with Crippen molar-refractivity contribution in [3.8, 4) is 11.5 Å². The molecule has 0 aromatic heterocycles. The number of fused-ring (bicyclic) bond motifs is 1. The molecule has 0 radical (unpaired) electrons. The lowest BCUT2D eigenvalue weighted by atomic mass is 10.1. The van der Waals surface area contributed by atoms with E-state index in [1.54, 1.807) is 6.07 Å². The Kier molecular flexibility index (Phi) is 6.49. The summed E-state index contributed by atoms with van der Waals surface area (Å²) in [4.78, 5) is 0. The van der Waals surface area contributed by atoms with Gasteiger partial charge in [-0.3, -0.25) is 0 Å². The molecule has 23 heavy (non-hydrogen) atoms. The Balaban J connectivity index is 0.000000172. The molecule has 3 aromatic rings. The minimum atomic E-state index is -0.0424. The van der Waals surface area contributed by atoms with Gasteiger partial charge < -0.3 is 10.2 Å². The van der Waals surface area contributed by atoms with Crippen LogP contribution in [0.5, 0.6) is 11.5 Å². The molecule has 0 bridgehead atoms. The van der Waals surface area contributed by atoms with E-state index in [-0.39, 0.29) is 11.5 Å². The maximum absolute atomic E-state index is 9.21. The van der Waals surface area contributed by atoms with E-state index in [0.717, 1.165) is 18.4 Å². The molecule has 120 valence electrons. The fourth-order valence-corrected chi connectivity index (χ4v) is 2.44. The van der Waals surface area contributed by atoms with Crippen LogP contribution < -0.4 is 0 Å². The number of unbranched alkanes of at least 4 members (excludes halogenated alkanes) is 2. The number of aryl methyl sites for hydroxylation is 1. The van der Waals surface area contributed by atoms with E-state index in [9.17, 15) is 5.11 Å². The zero-order chi connectivity index (χ0) is 16.5. The lowest BCUT2D eigenvalue weighted by Gasteiger charge is -2.02. The van der Waals surface area contributed by atoms with Crippen LogP contribution in [-0.2, 0) is 6.42 Å². The van der Waals surface area contributed by atoms with Crippen molar-refractivity contribution in [1.82, 2.24) is 0 Å². The Bertz CT molecular complexity index is 669. The molecule has 2 N–H and O–H groups in total. The summed E-state index contributed by atoms with van der Waals surface area (Å²) >= 11 is 0. The van der Waals surface area contributed by atoms with Crippen molar-refractivity contribution in [3.63, 3.8) is 0 Å². The predicted octanol–water partition coefficient (Wildman–Crippen LogP) is 5.67. The third-order valence-electron chi connectivity index (χ3n) is 3.77. The van der Waals surface area contributed by atoms with Crippen LogP contribution in [0, 0.1) is 0 Å². The predicted molar refractivity (Wildman–Crippen MR) is 96.9 cm³/mol. The van der Waals surface area contributed by atoms with Crippen LogP contribution in [0.3, 0.4) is 0 Å². The maximum Gasteiger partial charge on any atom is 0.157 e. The van der Waals surface area contributed by atoms with Gasteiger partial charge in [-0.15, -0.1) is 0 Å². The maximum atomic E-state index is 9.21. The van der Waals surface area contributed by atoms with Crippen LogP contribution >= 0.6 is 0 Å². The summed E-state index contributed by atoms with van der Waals surface area (Å²) in [6.07, 6.45) is 4.52. The summed E-state index contributed by atoms with van der Waals surface area (Å²) in [6, 6.07) is 21.7. The molecule has 0 aliphatic carbocycles. The number of phenolic OH excluding ortho intramolecular Hbond substituents is 2. The van der Waals surface area contributed by atoms with E-state index < -0.39 is 0 Å². The molecule has 0 aliphatic rings. The van der Waals surface area contributed by atoms with E-state index in [4.69, 9.17) is 5.11 Å². The van der Waals surface area contributed by atoms with Crippen LogP contribution in [-0.4, -0.2) is 10.2 Å². The molecule has 0 aliphatic heterocycles. The quantitative estimate of drug-likeness (QED) is 0.481. The summed E-state index contributed by atoms with van der Waals surface area (Å²) in [7, 11) is 0. The largest absolute Gasteiger partial charge is 0.504 e. The normalized spacial score (nSPS) is 10.1. The van der Waals surface area contributed by atoms with Gasteiger partial charge in [-0.1, -0.05) is 74.4 Å². The number of benzene rings is 3. The molecule has 0 atom stereocenters. The SMILES string of the molecule is CCCCCc1ccc(O)c(O)c1.c1ccc2ccccc2c1. The Morgan fingerprint density at radius 2 is 1.26 bits per heavy atom. The minimum absolute atomic E-state index is 0.0194. The van der Waals surface area contributed by atoms with Gasteiger partial charge in [0.05, 0.1) is 0 Å². The van der Waals surface area contributed by atoms with Crippen LogP contribution in [0.15, 0.2) is 66.7 Å². The average Bonchev–Trinajstić information content (AvgIpc) is 2.59. The van der Waals surface area contributed by atoms with Gasteiger partial charge in [0.25, 0.3) is 0 Å². The lowest BCUT2D eigenvalue weighted by molar-refractivity contribution is 0.403. The fraction of sp³-hybridized carbons (Fsp3) is 0.238. The number of aromatic hydroxyl groups is 2. The monoisotopic (exact) mass is 308 g/mol. The van der Waals surface area contributed by atoms with Gasteiger partial charge in [-0.2, -0.15) is 0 Å². The summed E-state index contributed by atoms with van der Waals surface area (Å²) in [6.45, 7) is 2.16. The molecule has 0 unspecified atom stereocenters. The Morgan fingerprint density at radius 3 is 1.74 bits per heavy atom. The number of hydrogen-bond acceptors (Lipinski definition) is 2. The Labute approximate surface area is 138 Å². The highest BCUT2D eigenvalue weighted by molar-refractivity contribution is 5.81. The molecule has 3 aromatic carbocycles. The second kappa shape index (κ2) is 8.84. The van der Waals surface area contributed by atoms with Crippen molar-refractivity contribution in [2.75, 3.05) is 0 Å². The molecule has 0 fully saturated rings. The molecule has 0 spiro atoms. The summed E-state index contributed by atoms with van der Waals surface area (Å²) in [5.41, 5.74) is 1.09. The number of hydrogen-bond donors (Lipinski definition) is 2. The van der Waals surface area contributed by atoms with Crippen molar-refractivity contribution < 1.29 is 10.2 Å². The summed E-state index contributed by atoms with van der Waals surface area (Å²) < 4.78 is 0. The first-order valence-electron chi connectivity index (χ1n) is 8.15. The van der Waals surface area contributed by atoms with Gasteiger partial charge in [0.2, 0.25) is 0 Å². The number of rotatable bonds is 4. The van der Waals surface area contributed by atoms with Crippen LogP contribution in [0.1, 0.15) is 31.7 Å². The van der Waals surface area contributed by atoms with Crippen molar-refractivity contribution >= 4 is 10.8 Å². The first-order valence-corrected chi connectivity index (χ1v) is 8.15. The molecule has 2 nitrogen and oxygen atoms in total.